The lowest BCUT2D eigenvalue weighted by atomic mass is 10.6. The molecule has 0 amide bonds. The van der Waals surface area contributed by atoms with Crippen LogP contribution in [0, 0.1) is 0 Å². The largest absolute Gasteiger partial charge is 0.0722 e. The minimum Gasteiger partial charge on any atom is -0.0722 e. The fourth-order valence-electron chi connectivity index (χ4n) is 2.17. The first-order valence-electron chi connectivity index (χ1n) is 6.10. The predicted octanol–water partition coefficient (Wildman–Crippen LogP) is 4.37. The number of rotatable bonds is 7. The van der Waals surface area contributed by atoms with Crippen molar-refractivity contribution in [3.8, 4) is 0 Å². The highest BCUT2D eigenvalue weighted by Crippen LogP contribution is 2.27. The van der Waals surface area contributed by atoms with Crippen LogP contribution in [0.15, 0.2) is 0 Å². The number of hydrogen-bond donors (Lipinski definition) is 0. The molecule has 80 valence electrons. The van der Waals surface area contributed by atoms with Gasteiger partial charge in [-0.25, -0.2) is 0 Å². The van der Waals surface area contributed by atoms with E-state index >= 15 is 0 Å². The molecule has 0 aliphatic rings. The maximum absolute atomic E-state index is 2.48. The summed E-state index contributed by atoms with van der Waals surface area (Å²) in [6.07, 6.45) is 1.55. The Hall–Kier alpha value is 0.434. The maximum atomic E-state index is 2.48. The molecule has 0 saturated heterocycles. The third kappa shape index (κ3) is 5.01. The summed E-state index contributed by atoms with van der Waals surface area (Å²) in [6, 6.07) is 7.73. The highest BCUT2D eigenvalue weighted by atomic mass is 28.3. The van der Waals surface area contributed by atoms with Crippen LogP contribution in [0.4, 0.5) is 0 Å². The molecule has 0 fully saturated rings. The molecule has 0 aliphatic heterocycles. The van der Waals surface area contributed by atoms with Gasteiger partial charge in [-0.2, -0.15) is 0 Å². The summed E-state index contributed by atoms with van der Waals surface area (Å²) < 4.78 is 0. The Labute approximate surface area is 87.7 Å². The molecule has 0 bridgehead atoms. The summed E-state index contributed by atoms with van der Waals surface area (Å²) in [6.45, 7) is 12.2. The molecule has 0 aromatic heterocycles. The fraction of sp³-hybridized carbons (Fsp3) is 1.00. The van der Waals surface area contributed by atoms with Gasteiger partial charge >= 0.3 is 0 Å². The molecule has 2 heteroatoms. The topological polar surface area (TPSA) is 0 Å². The third-order valence-electron chi connectivity index (χ3n) is 3.74. The molecule has 0 aromatic rings. The van der Waals surface area contributed by atoms with Crippen molar-refractivity contribution in [3.63, 3.8) is 0 Å². The van der Waals surface area contributed by atoms with Crippen molar-refractivity contribution in [2.75, 3.05) is 0 Å². The molecular formula is C11H28Si2. The van der Waals surface area contributed by atoms with Crippen molar-refractivity contribution < 1.29 is 0 Å². The van der Waals surface area contributed by atoms with Crippen LogP contribution in [0.1, 0.15) is 27.2 Å². The van der Waals surface area contributed by atoms with Crippen LogP contribution in [0.25, 0.3) is 0 Å². The van der Waals surface area contributed by atoms with Crippen molar-refractivity contribution in [1.29, 1.82) is 0 Å². The van der Waals surface area contributed by atoms with Crippen molar-refractivity contribution in [1.82, 2.24) is 0 Å². The SMILES string of the molecule is CC[Si](CC)(CC)CCC[SiH](C)C. The Morgan fingerprint density at radius 1 is 0.923 bits per heavy atom. The van der Waals surface area contributed by atoms with Gasteiger partial charge in [0, 0.05) is 8.80 Å². The van der Waals surface area contributed by atoms with Gasteiger partial charge in [0.15, 0.2) is 0 Å². The van der Waals surface area contributed by atoms with E-state index in [2.05, 4.69) is 33.9 Å². The Morgan fingerprint density at radius 2 is 1.38 bits per heavy atom. The van der Waals surface area contributed by atoms with Gasteiger partial charge in [-0.3, -0.25) is 0 Å². The Bertz CT molecular complexity index is 109. The summed E-state index contributed by atoms with van der Waals surface area (Å²) in [7, 11) is -1.03. The molecular weight excluding hydrogens is 188 g/mol. The molecule has 0 nitrogen and oxygen atoms in total. The predicted molar refractivity (Wildman–Crippen MR) is 70.3 cm³/mol. The summed E-state index contributed by atoms with van der Waals surface area (Å²) in [5.74, 6) is 0. The van der Waals surface area contributed by atoms with Crippen molar-refractivity contribution in [3.05, 3.63) is 0 Å². The van der Waals surface area contributed by atoms with E-state index in [1.54, 1.807) is 18.5 Å². The molecule has 0 radical (unpaired) electrons. The molecule has 0 aliphatic carbocycles. The molecule has 0 aromatic carbocycles. The minimum absolute atomic E-state index is 0.271. The van der Waals surface area contributed by atoms with Crippen LogP contribution in [0.5, 0.6) is 0 Å². The lowest BCUT2D eigenvalue weighted by Gasteiger charge is -2.28. The third-order valence-corrected chi connectivity index (χ3v) is 11.2. The molecule has 0 spiro atoms. The van der Waals surface area contributed by atoms with Gasteiger partial charge in [-0.05, 0) is 0 Å². The Balaban J connectivity index is 3.81. The first-order chi connectivity index (χ1) is 6.10. The van der Waals surface area contributed by atoms with E-state index in [9.17, 15) is 0 Å². The molecule has 0 N–H and O–H groups in total. The summed E-state index contributed by atoms with van der Waals surface area (Å²) in [4.78, 5) is 0. The van der Waals surface area contributed by atoms with Crippen LogP contribution >= 0.6 is 0 Å². The fourth-order valence-corrected chi connectivity index (χ4v) is 7.11. The van der Waals surface area contributed by atoms with Crippen molar-refractivity contribution in [2.45, 2.75) is 70.5 Å². The normalized spacial score (nSPS) is 12.5. The minimum atomic E-state index is -0.762. The molecule has 0 heterocycles. The van der Waals surface area contributed by atoms with Crippen LogP contribution in [-0.2, 0) is 0 Å². The summed E-state index contributed by atoms with van der Waals surface area (Å²) >= 11 is 0. The smallest absolute Gasteiger partial charge is 0.0527 e. The monoisotopic (exact) mass is 216 g/mol. The molecule has 0 atom stereocenters. The average molecular weight is 217 g/mol. The van der Waals surface area contributed by atoms with Gasteiger partial charge in [0.25, 0.3) is 0 Å². The lowest BCUT2D eigenvalue weighted by molar-refractivity contribution is 0.978. The quantitative estimate of drug-likeness (QED) is 0.554. The van der Waals surface area contributed by atoms with E-state index < -0.39 is 8.07 Å². The van der Waals surface area contributed by atoms with E-state index in [1.807, 2.05) is 0 Å². The second-order valence-corrected chi connectivity index (χ2v) is 13.8. The van der Waals surface area contributed by atoms with Crippen LogP contribution in [0.2, 0.25) is 43.3 Å². The van der Waals surface area contributed by atoms with Gasteiger partial charge in [-0.15, -0.1) is 0 Å². The van der Waals surface area contributed by atoms with E-state index in [0.717, 1.165) is 0 Å². The zero-order valence-electron chi connectivity index (χ0n) is 10.3. The van der Waals surface area contributed by atoms with Gasteiger partial charge in [0.2, 0.25) is 0 Å². The van der Waals surface area contributed by atoms with Crippen LogP contribution in [0.3, 0.4) is 0 Å². The highest BCUT2D eigenvalue weighted by Gasteiger charge is 2.25. The second-order valence-electron chi connectivity index (χ2n) is 4.85. The van der Waals surface area contributed by atoms with E-state index in [1.165, 1.54) is 18.1 Å². The molecule has 0 rings (SSSR count). The standard InChI is InChI=1S/C11H28Si2/c1-6-13(7-2,8-3)11-9-10-12(4)5/h12H,6-11H2,1-5H3. The van der Waals surface area contributed by atoms with E-state index in [4.69, 9.17) is 0 Å². The molecule has 13 heavy (non-hydrogen) atoms. The average Bonchev–Trinajstić information content (AvgIpc) is 2.13. The van der Waals surface area contributed by atoms with Crippen LogP contribution < -0.4 is 0 Å². The number of hydrogen-bond acceptors (Lipinski definition) is 0. The first kappa shape index (κ1) is 13.4. The lowest BCUT2D eigenvalue weighted by Crippen LogP contribution is -2.31. The summed E-state index contributed by atoms with van der Waals surface area (Å²) in [5, 5.41) is 0. The second kappa shape index (κ2) is 6.82. The molecule has 0 unspecified atom stereocenters. The molecule has 0 saturated carbocycles. The van der Waals surface area contributed by atoms with Gasteiger partial charge in [-0.1, -0.05) is 70.5 Å². The van der Waals surface area contributed by atoms with Gasteiger partial charge in [0.1, 0.15) is 0 Å². The first-order valence-corrected chi connectivity index (χ1v) is 12.1. The van der Waals surface area contributed by atoms with Crippen molar-refractivity contribution >= 4 is 16.9 Å². The van der Waals surface area contributed by atoms with Crippen molar-refractivity contribution in [2.24, 2.45) is 0 Å². The maximum Gasteiger partial charge on any atom is 0.0527 e. The Morgan fingerprint density at radius 3 is 1.69 bits per heavy atom. The Kier molecular flexibility index (Phi) is 7.05. The zero-order valence-corrected chi connectivity index (χ0v) is 12.5. The van der Waals surface area contributed by atoms with Crippen LogP contribution in [-0.4, -0.2) is 16.9 Å². The van der Waals surface area contributed by atoms with Gasteiger partial charge in [0.05, 0.1) is 8.07 Å². The van der Waals surface area contributed by atoms with Gasteiger partial charge < -0.3 is 0 Å². The van der Waals surface area contributed by atoms with E-state index in [-0.39, 0.29) is 8.80 Å². The highest BCUT2D eigenvalue weighted by molar-refractivity contribution is 6.79. The summed E-state index contributed by atoms with van der Waals surface area (Å²) in [5.41, 5.74) is 0. The zero-order chi connectivity index (χ0) is 10.3. The van der Waals surface area contributed by atoms with E-state index in [0.29, 0.717) is 0 Å².